The van der Waals surface area contributed by atoms with Crippen molar-refractivity contribution in [1.82, 2.24) is 5.32 Å². The van der Waals surface area contributed by atoms with E-state index in [1.165, 1.54) is 0 Å². The van der Waals surface area contributed by atoms with Gasteiger partial charge in [0.05, 0.1) is 31.0 Å². The lowest BCUT2D eigenvalue weighted by molar-refractivity contribution is -0.139. The number of thiocarbonyl (C=S) groups is 1. The number of rotatable bonds is 5. The van der Waals surface area contributed by atoms with Crippen LogP contribution in [0.5, 0.6) is 17.2 Å². The van der Waals surface area contributed by atoms with Crippen LogP contribution >= 0.6 is 12.2 Å². The Morgan fingerprint density at radius 1 is 1.19 bits per heavy atom. The van der Waals surface area contributed by atoms with Crippen molar-refractivity contribution in [2.24, 2.45) is 0 Å². The summed E-state index contributed by atoms with van der Waals surface area (Å²) in [5, 5.41) is 3.77. The molecule has 4 rings (SSSR count). The Kier molecular flexibility index (Phi) is 5.99. The highest BCUT2D eigenvalue weighted by molar-refractivity contribution is 7.80. The molecule has 8 heteroatoms. The van der Waals surface area contributed by atoms with Crippen LogP contribution < -0.4 is 24.4 Å². The fourth-order valence-corrected chi connectivity index (χ4v) is 4.13. The maximum absolute atomic E-state index is 13.0. The summed E-state index contributed by atoms with van der Waals surface area (Å²) in [6, 6.07) is 12.7. The van der Waals surface area contributed by atoms with Gasteiger partial charge in [-0.2, -0.15) is 0 Å². The van der Waals surface area contributed by atoms with Gasteiger partial charge in [-0.1, -0.05) is 12.1 Å². The molecule has 7 nitrogen and oxygen atoms in total. The van der Waals surface area contributed by atoms with Crippen molar-refractivity contribution >= 4 is 29.0 Å². The molecule has 0 saturated heterocycles. The number of benzene rings is 2. The lowest BCUT2D eigenvalue weighted by Crippen LogP contribution is -2.48. The van der Waals surface area contributed by atoms with Crippen molar-refractivity contribution in [2.45, 2.75) is 19.9 Å². The summed E-state index contributed by atoms with van der Waals surface area (Å²) in [5.74, 6) is 1.63. The van der Waals surface area contributed by atoms with Crippen molar-refractivity contribution < 1.29 is 23.7 Å². The van der Waals surface area contributed by atoms with Crippen molar-refractivity contribution in [2.75, 3.05) is 31.8 Å². The standard InChI is InChI=1S/C23H24N2O5S/c1-4-28-22(26)20-14(2)25(16-8-9-18-19(13-16)30-11-10-29-18)23(31)24-21(20)15-6-5-7-17(12-15)27-3/h5-9,12-13,21H,4,10-11H2,1-3H3,(H,24,31). The van der Waals surface area contributed by atoms with Gasteiger partial charge < -0.3 is 24.3 Å². The predicted molar refractivity (Wildman–Crippen MR) is 121 cm³/mol. The largest absolute Gasteiger partial charge is 0.497 e. The second-order valence-electron chi connectivity index (χ2n) is 7.04. The molecule has 1 N–H and O–H groups in total. The zero-order valence-corrected chi connectivity index (χ0v) is 18.5. The van der Waals surface area contributed by atoms with Gasteiger partial charge in [-0.3, -0.25) is 4.90 Å². The maximum Gasteiger partial charge on any atom is 0.338 e. The number of carbonyl (C=O) groups excluding carboxylic acids is 1. The summed E-state index contributed by atoms with van der Waals surface area (Å²) in [5.41, 5.74) is 2.79. The third kappa shape index (κ3) is 4.03. The number of nitrogens with one attached hydrogen (secondary N) is 1. The molecule has 0 aliphatic carbocycles. The molecule has 1 atom stereocenters. The molecule has 2 heterocycles. The minimum Gasteiger partial charge on any atom is -0.497 e. The number of carbonyl (C=O) groups is 1. The number of ether oxygens (including phenoxy) is 4. The Hall–Kier alpha value is -3.26. The van der Waals surface area contributed by atoms with E-state index < -0.39 is 12.0 Å². The Labute approximate surface area is 186 Å². The molecule has 0 bridgehead atoms. The van der Waals surface area contributed by atoms with Gasteiger partial charge in [0.2, 0.25) is 0 Å². The van der Waals surface area contributed by atoms with Crippen LogP contribution in [-0.2, 0) is 9.53 Å². The highest BCUT2D eigenvalue weighted by atomic mass is 32.1. The van der Waals surface area contributed by atoms with Crippen LogP contribution in [0.25, 0.3) is 0 Å². The summed E-state index contributed by atoms with van der Waals surface area (Å²) in [7, 11) is 1.61. The van der Waals surface area contributed by atoms with Gasteiger partial charge in [0, 0.05) is 11.8 Å². The first-order chi connectivity index (χ1) is 15.0. The van der Waals surface area contributed by atoms with Gasteiger partial charge in [0.1, 0.15) is 19.0 Å². The van der Waals surface area contributed by atoms with Crippen molar-refractivity contribution in [3.8, 4) is 17.2 Å². The Morgan fingerprint density at radius 3 is 2.71 bits per heavy atom. The number of methoxy groups -OCH3 is 1. The number of esters is 1. The fourth-order valence-electron chi connectivity index (χ4n) is 3.77. The first-order valence-electron chi connectivity index (χ1n) is 10.1. The summed E-state index contributed by atoms with van der Waals surface area (Å²) in [6.07, 6.45) is 0. The summed E-state index contributed by atoms with van der Waals surface area (Å²) >= 11 is 5.71. The van der Waals surface area contributed by atoms with E-state index in [1.54, 1.807) is 14.0 Å². The van der Waals surface area contributed by atoms with E-state index in [2.05, 4.69) is 5.32 Å². The molecule has 0 amide bonds. The number of hydrogen-bond donors (Lipinski definition) is 1. The van der Waals surface area contributed by atoms with Gasteiger partial charge in [-0.25, -0.2) is 4.79 Å². The van der Waals surface area contributed by atoms with Crippen LogP contribution in [0.4, 0.5) is 5.69 Å². The second kappa shape index (κ2) is 8.85. The van der Waals surface area contributed by atoms with Gasteiger partial charge in [-0.15, -0.1) is 0 Å². The average molecular weight is 441 g/mol. The minimum absolute atomic E-state index is 0.273. The van der Waals surface area contributed by atoms with Crippen LogP contribution in [-0.4, -0.2) is 38.0 Å². The van der Waals surface area contributed by atoms with Gasteiger partial charge in [0.15, 0.2) is 16.6 Å². The first kappa shape index (κ1) is 21.0. The van der Waals surface area contributed by atoms with Crippen LogP contribution in [0.15, 0.2) is 53.7 Å². The summed E-state index contributed by atoms with van der Waals surface area (Å²) in [4.78, 5) is 14.8. The zero-order valence-electron chi connectivity index (χ0n) is 17.6. The average Bonchev–Trinajstić information content (AvgIpc) is 2.78. The minimum atomic E-state index is -0.463. The summed E-state index contributed by atoms with van der Waals surface area (Å²) < 4.78 is 22.1. The Bertz CT molecular complexity index is 1050. The SMILES string of the molecule is CCOC(=O)C1=C(C)N(c2ccc3c(c2)OCCO3)C(=S)NC1c1cccc(OC)c1. The molecule has 1 unspecified atom stereocenters. The second-order valence-corrected chi connectivity index (χ2v) is 7.43. The molecule has 162 valence electrons. The summed E-state index contributed by atoms with van der Waals surface area (Å²) in [6.45, 7) is 4.93. The first-order valence-corrected chi connectivity index (χ1v) is 10.5. The smallest absolute Gasteiger partial charge is 0.338 e. The highest BCUT2D eigenvalue weighted by Crippen LogP contribution is 2.39. The number of hydrogen-bond acceptors (Lipinski definition) is 6. The quantitative estimate of drug-likeness (QED) is 0.557. The van der Waals surface area contributed by atoms with E-state index in [0.717, 1.165) is 11.3 Å². The molecule has 0 radical (unpaired) electrons. The van der Waals surface area contributed by atoms with E-state index in [-0.39, 0.29) is 6.61 Å². The van der Waals surface area contributed by atoms with Gasteiger partial charge >= 0.3 is 5.97 Å². The molecular weight excluding hydrogens is 416 g/mol. The van der Waals surface area contributed by atoms with Crippen LogP contribution in [0.3, 0.4) is 0 Å². The molecular formula is C23H24N2O5S. The molecule has 2 aromatic carbocycles. The molecule has 2 aliphatic rings. The number of allylic oxidation sites excluding steroid dienone is 1. The predicted octanol–water partition coefficient (Wildman–Crippen LogP) is 3.74. The topological polar surface area (TPSA) is 69.3 Å². The van der Waals surface area contributed by atoms with E-state index in [1.807, 2.05) is 54.3 Å². The van der Waals surface area contributed by atoms with E-state index in [4.69, 9.17) is 31.2 Å². The van der Waals surface area contributed by atoms with Gasteiger partial charge in [-0.05, 0) is 55.9 Å². The normalized spacial score (nSPS) is 17.8. The fraction of sp³-hybridized carbons (Fsp3) is 0.304. The third-order valence-corrected chi connectivity index (χ3v) is 5.49. The Morgan fingerprint density at radius 2 is 1.97 bits per heavy atom. The van der Waals surface area contributed by atoms with Gasteiger partial charge in [0.25, 0.3) is 0 Å². The molecule has 2 aromatic rings. The zero-order chi connectivity index (χ0) is 22.0. The van der Waals surface area contributed by atoms with Crippen LogP contribution in [0.2, 0.25) is 0 Å². The van der Waals surface area contributed by atoms with E-state index in [9.17, 15) is 4.79 Å². The molecule has 0 saturated carbocycles. The number of nitrogens with zero attached hydrogens (tertiary/aromatic N) is 1. The lowest BCUT2D eigenvalue weighted by atomic mass is 9.94. The monoisotopic (exact) mass is 440 g/mol. The molecule has 0 fully saturated rings. The van der Waals surface area contributed by atoms with Crippen molar-refractivity contribution in [3.05, 3.63) is 59.3 Å². The molecule has 31 heavy (non-hydrogen) atoms. The third-order valence-electron chi connectivity index (χ3n) is 5.19. The van der Waals surface area contributed by atoms with Crippen LogP contribution in [0, 0.1) is 0 Å². The Balaban J connectivity index is 1.80. The van der Waals surface area contributed by atoms with Crippen molar-refractivity contribution in [3.63, 3.8) is 0 Å². The van der Waals surface area contributed by atoms with E-state index in [0.29, 0.717) is 46.8 Å². The number of fused-ring (bicyclic) bond motifs is 1. The van der Waals surface area contributed by atoms with Crippen molar-refractivity contribution in [1.29, 1.82) is 0 Å². The molecule has 2 aliphatic heterocycles. The maximum atomic E-state index is 13.0. The highest BCUT2D eigenvalue weighted by Gasteiger charge is 2.36. The number of anilines is 1. The lowest BCUT2D eigenvalue weighted by Gasteiger charge is -2.37. The van der Waals surface area contributed by atoms with Crippen LogP contribution in [0.1, 0.15) is 25.5 Å². The molecule has 0 spiro atoms. The molecule has 0 aromatic heterocycles. The van der Waals surface area contributed by atoms with E-state index >= 15 is 0 Å².